The van der Waals surface area contributed by atoms with Crippen LogP contribution in [0, 0.1) is 0 Å². The Hall–Kier alpha value is -5.78. The molecule has 0 bridgehead atoms. The van der Waals surface area contributed by atoms with Crippen LogP contribution in [0.15, 0.2) is 79.1 Å². The van der Waals surface area contributed by atoms with Gasteiger partial charge >= 0.3 is 0 Å². The van der Waals surface area contributed by atoms with E-state index in [2.05, 4.69) is 27.7 Å². The summed E-state index contributed by atoms with van der Waals surface area (Å²) in [6, 6.07) is 19.1. The maximum atomic E-state index is 13.1. The van der Waals surface area contributed by atoms with Crippen LogP contribution in [0.5, 0.6) is 23.3 Å². The number of carbonyl (C=O) groups excluding carboxylic acids is 4. The van der Waals surface area contributed by atoms with E-state index in [0.717, 1.165) is 22.4 Å². The fourth-order valence-corrected chi connectivity index (χ4v) is 5.29. The molecule has 12 nitrogen and oxygen atoms in total. The number of amides is 4. The van der Waals surface area contributed by atoms with Crippen molar-refractivity contribution in [3.8, 4) is 23.3 Å². The third-order valence-corrected chi connectivity index (χ3v) is 7.65. The Labute approximate surface area is 258 Å². The first-order chi connectivity index (χ1) is 21.8. The molecule has 6 rings (SSSR count). The van der Waals surface area contributed by atoms with E-state index in [0.29, 0.717) is 28.9 Å². The number of methoxy groups -OCH3 is 1. The first-order valence-corrected chi connectivity index (χ1v) is 14.3. The normalized spacial score (nSPS) is 16.6. The van der Waals surface area contributed by atoms with Crippen molar-refractivity contribution in [2.24, 2.45) is 0 Å². The van der Waals surface area contributed by atoms with E-state index in [-0.39, 0.29) is 29.9 Å². The van der Waals surface area contributed by atoms with Crippen molar-refractivity contribution in [2.45, 2.75) is 38.1 Å². The number of nitrogens with zero attached hydrogens (tertiary/aromatic N) is 3. The van der Waals surface area contributed by atoms with E-state index in [9.17, 15) is 19.2 Å². The van der Waals surface area contributed by atoms with Gasteiger partial charge in [-0.2, -0.15) is 0 Å². The van der Waals surface area contributed by atoms with Crippen LogP contribution < -0.4 is 25.1 Å². The van der Waals surface area contributed by atoms with Crippen LogP contribution in [0.3, 0.4) is 0 Å². The molecular formula is C33H29N5O7. The second-order valence-electron chi connectivity index (χ2n) is 10.7. The molecule has 4 amide bonds. The summed E-state index contributed by atoms with van der Waals surface area (Å²) in [5, 5.41) is 2.19. The zero-order valence-electron chi connectivity index (χ0n) is 24.5. The molecule has 1 fully saturated rings. The summed E-state index contributed by atoms with van der Waals surface area (Å²) in [4.78, 5) is 64.9. The summed E-state index contributed by atoms with van der Waals surface area (Å²) >= 11 is 0. The highest BCUT2D eigenvalue weighted by molar-refractivity contribution is 6.23. The second-order valence-corrected chi connectivity index (χ2v) is 10.7. The number of aromatic nitrogens is 2. The van der Waals surface area contributed by atoms with Crippen LogP contribution in [-0.4, -0.2) is 51.6 Å². The number of fused-ring (bicyclic) bond motifs is 1. The van der Waals surface area contributed by atoms with Gasteiger partial charge < -0.3 is 14.3 Å². The molecule has 3 heterocycles. The Morgan fingerprint density at radius 2 is 1.67 bits per heavy atom. The van der Waals surface area contributed by atoms with Crippen LogP contribution in [0.2, 0.25) is 0 Å². The van der Waals surface area contributed by atoms with E-state index in [1.165, 1.54) is 31.6 Å². The highest BCUT2D eigenvalue weighted by Crippen LogP contribution is 2.30. The van der Waals surface area contributed by atoms with Crippen molar-refractivity contribution in [1.29, 1.82) is 0 Å². The van der Waals surface area contributed by atoms with Gasteiger partial charge in [0.05, 0.1) is 36.3 Å². The molecule has 1 saturated heterocycles. The lowest BCUT2D eigenvalue weighted by molar-refractivity contribution is -0.136. The van der Waals surface area contributed by atoms with Crippen molar-refractivity contribution < 1.29 is 33.5 Å². The largest absolute Gasteiger partial charge is 0.480 e. The van der Waals surface area contributed by atoms with E-state index < -0.39 is 29.7 Å². The molecule has 45 heavy (non-hydrogen) atoms. The van der Waals surface area contributed by atoms with Crippen molar-refractivity contribution in [1.82, 2.24) is 20.2 Å². The monoisotopic (exact) mass is 607 g/mol. The van der Waals surface area contributed by atoms with Crippen LogP contribution >= 0.6 is 0 Å². The fraction of sp³-hybridized carbons (Fsp3) is 0.212. The number of carbonyl (C=O) groups is 4. The van der Waals surface area contributed by atoms with Crippen LogP contribution in [0.25, 0.3) is 0 Å². The highest BCUT2D eigenvalue weighted by Gasteiger charge is 2.44. The number of rotatable bonds is 10. The Balaban J connectivity index is 1.06. The van der Waals surface area contributed by atoms with Gasteiger partial charge in [-0.15, -0.1) is 0 Å². The molecule has 3 aromatic carbocycles. The second kappa shape index (κ2) is 12.4. The number of imide groups is 2. The third kappa shape index (κ3) is 6.30. The number of nitrogens with one attached hydrogen (secondary N) is 2. The van der Waals surface area contributed by atoms with Gasteiger partial charge in [0.15, 0.2) is 5.75 Å². The van der Waals surface area contributed by atoms with Crippen LogP contribution in [-0.2, 0) is 16.0 Å². The minimum atomic E-state index is -1.02. The molecular weight excluding hydrogens is 578 g/mol. The van der Waals surface area contributed by atoms with Gasteiger partial charge in [0, 0.05) is 6.42 Å². The van der Waals surface area contributed by atoms with Gasteiger partial charge in [0.1, 0.15) is 11.8 Å². The molecule has 2 N–H and O–H groups in total. The minimum Gasteiger partial charge on any atom is -0.480 e. The Bertz CT molecular complexity index is 1780. The topological polar surface area (TPSA) is 149 Å². The number of piperidine rings is 1. The predicted octanol–water partition coefficient (Wildman–Crippen LogP) is 4.43. The number of anilines is 1. The first-order valence-electron chi connectivity index (χ1n) is 14.3. The number of benzene rings is 3. The first kappa shape index (κ1) is 29.3. The van der Waals surface area contributed by atoms with Crippen molar-refractivity contribution in [2.75, 3.05) is 12.6 Å². The average Bonchev–Trinajstić information content (AvgIpc) is 3.30. The summed E-state index contributed by atoms with van der Waals surface area (Å²) in [7, 11) is 1.52. The summed E-state index contributed by atoms with van der Waals surface area (Å²) in [6.45, 7) is 2.13. The highest BCUT2D eigenvalue weighted by atomic mass is 16.6. The van der Waals surface area contributed by atoms with Gasteiger partial charge in [-0.1, -0.05) is 31.2 Å². The molecule has 0 aliphatic carbocycles. The Morgan fingerprint density at radius 3 is 2.40 bits per heavy atom. The molecule has 1 aromatic heterocycles. The summed E-state index contributed by atoms with van der Waals surface area (Å²) in [6.07, 6.45) is 3.93. The van der Waals surface area contributed by atoms with Crippen molar-refractivity contribution in [3.63, 3.8) is 0 Å². The lowest BCUT2D eigenvalue weighted by atomic mass is 9.93. The number of hydrogen-bond donors (Lipinski definition) is 2. The van der Waals surface area contributed by atoms with E-state index in [1.54, 1.807) is 6.07 Å². The smallest absolute Gasteiger partial charge is 0.262 e. The molecule has 12 heteroatoms. The third-order valence-electron chi connectivity index (χ3n) is 7.65. The molecule has 0 unspecified atom stereocenters. The lowest BCUT2D eigenvalue weighted by Crippen LogP contribution is -2.54. The standard InChI is InChI=1S/C33H29N5O7/c1-19(14-20-6-9-23(10-7-20)44-30-18-34-29(43-2)17-35-30)21-4-3-5-24(15-21)45-37-22-8-11-25-26(16-22)33(42)38(32(25)41)27-12-13-28(39)36-31(27)40/h3-11,15-19,27,37H,12-14H2,1-2H3,(H,36,39,40)/t19-,27-/m1/s1. The van der Waals surface area contributed by atoms with Crippen molar-refractivity contribution in [3.05, 3.63) is 101 Å². The maximum Gasteiger partial charge on any atom is 0.262 e. The van der Waals surface area contributed by atoms with Crippen molar-refractivity contribution >= 4 is 29.3 Å². The predicted molar refractivity (Wildman–Crippen MR) is 161 cm³/mol. The van der Waals surface area contributed by atoms with Crippen LogP contribution in [0.1, 0.15) is 57.5 Å². The minimum absolute atomic E-state index is 0.0603. The Morgan fingerprint density at radius 1 is 0.911 bits per heavy atom. The molecule has 228 valence electrons. The summed E-state index contributed by atoms with van der Waals surface area (Å²) in [5.41, 5.74) is 5.86. The zero-order valence-corrected chi connectivity index (χ0v) is 24.5. The number of ether oxygens (including phenoxy) is 2. The summed E-state index contributed by atoms with van der Waals surface area (Å²) < 4.78 is 10.8. The molecule has 2 aliphatic heterocycles. The fourth-order valence-electron chi connectivity index (χ4n) is 5.29. The quantitative estimate of drug-likeness (QED) is 0.196. The van der Waals surface area contributed by atoms with Gasteiger partial charge in [-0.3, -0.25) is 29.4 Å². The molecule has 0 spiro atoms. The SMILES string of the molecule is COc1cnc(Oc2ccc(C[C@@H](C)c3cccc(ONc4ccc5c(c4)C(=O)N([C@@H]4CCC(=O)NC4=O)C5=O)c3)cc2)cn1. The van der Waals surface area contributed by atoms with Gasteiger partial charge in [0.25, 0.3) is 11.8 Å². The van der Waals surface area contributed by atoms with Gasteiger partial charge in [-0.05, 0) is 72.4 Å². The molecule has 0 radical (unpaired) electrons. The van der Waals surface area contributed by atoms with E-state index >= 15 is 0 Å². The van der Waals surface area contributed by atoms with Gasteiger partial charge in [-0.25, -0.2) is 15.4 Å². The molecule has 2 aliphatic rings. The summed E-state index contributed by atoms with van der Waals surface area (Å²) in [5.74, 6) is -0.0459. The maximum absolute atomic E-state index is 13.1. The van der Waals surface area contributed by atoms with Crippen LogP contribution in [0.4, 0.5) is 5.69 Å². The zero-order chi connectivity index (χ0) is 31.5. The molecule has 2 atom stereocenters. The van der Waals surface area contributed by atoms with Gasteiger partial charge in [0.2, 0.25) is 23.6 Å². The molecule has 0 saturated carbocycles. The lowest BCUT2D eigenvalue weighted by Gasteiger charge is -2.27. The number of hydrogen-bond acceptors (Lipinski definition) is 10. The Kier molecular flexibility index (Phi) is 8.10. The average molecular weight is 608 g/mol. The van der Waals surface area contributed by atoms with E-state index in [1.807, 2.05) is 48.5 Å². The van der Waals surface area contributed by atoms with E-state index in [4.69, 9.17) is 14.3 Å². The molecule has 4 aromatic rings.